The molecule has 0 saturated heterocycles. The molecule has 1 rings (SSSR count). The van der Waals surface area contributed by atoms with Gasteiger partial charge in [-0.05, 0) is 46.8 Å². The molecular formula is C23H38O2. The summed E-state index contributed by atoms with van der Waals surface area (Å²) >= 11 is 0. The highest BCUT2D eigenvalue weighted by atomic mass is 16.3. The molecule has 0 radical (unpaired) electrons. The van der Waals surface area contributed by atoms with E-state index in [1.165, 1.54) is 11.8 Å². The SMILES string of the molecule is CCCC(C=O)(CCC)Cc1cc(C(C)(C)C)c(O)c(C(C)(C)C)c1. The van der Waals surface area contributed by atoms with Gasteiger partial charge < -0.3 is 9.90 Å². The second kappa shape index (κ2) is 7.93. The van der Waals surface area contributed by atoms with Crippen LogP contribution in [-0.4, -0.2) is 11.4 Å². The van der Waals surface area contributed by atoms with Gasteiger partial charge in [-0.15, -0.1) is 0 Å². The number of aldehydes is 1. The molecule has 0 atom stereocenters. The van der Waals surface area contributed by atoms with Crippen molar-refractivity contribution in [2.24, 2.45) is 5.41 Å². The lowest BCUT2D eigenvalue weighted by Crippen LogP contribution is -2.26. The highest BCUT2D eigenvalue weighted by molar-refractivity contribution is 5.61. The van der Waals surface area contributed by atoms with E-state index in [1.54, 1.807) is 0 Å². The van der Waals surface area contributed by atoms with Crippen LogP contribution in [0.2, 0.25) is 0 Å². The quantitative estimate of drug-likeness (QED) is 0.587. The van der Waals surface area contributed by atoms with Gasteiger partial charge in [0.2, 0.25) is 0 Å². The molecular weight excluding hydrogens is 308 g/mol. The van der Waals surface area contributed by atoms with Gasteiger partial charge in [-0.25, -0.2) is 0 Å². The Balaban J connectivity index is 3.51. The molecule has 2 nitrogen and oxygen atoms in total. The normalized spacial score (nSPS) is 13.1. The summed E-state index contributed by atoms with van der Waals surface area (Å²) < 4.78 is 0. The van der Waals surface area contributed by atoms with Gasteiger partial charge in [0.05, 0.1) is 0 Å². The number of benzene rings is 1. The molecule has 2 heteroatoms. The maximum absolute atomic E-state index is 12.0. The van der Waals surface area contributed by atoms with Gasteiger partial charge >= 0.3 is 0 Å². The van der Waals surface area contributed by atoms with Crippen LogP contribution < -0.4 is 0 Å². The smallest absolute Gasteiger partial charge is 0.126 e. The van der Waals surface area contributed by atoms with Gasteiger partial charge in [-0.3, -0.25) is 0 Å². The summed E-state index contributed by atoms with van der Waals surface area (Å²) in [5.41, 5.74) is 2.55. The van der Waals surface area contributed by atoms with Gasteiger partial charge in [0.25, 0.3) is 0 Å². The summed E-state index contributed by atoms with van der Waals surface area (Å²) in [6, 6.07) is 4.24. The zero-order chi connectivity index (χ0) is 19.5. The van der Waals surface area contributed by atoms with Gasteiger partial charge in [-0.2, -0.15) is 0 Å². The van der Waals surface area contributed by atoms with Crippen molar-refractivity contribution in [3.05, 3.63) is 28.8 Å². The third-order valence-electron chi connectivity index (χ3n) is 5.09. The van der Waals surface area contributed by atoms with E-state index in [0.717, 1.165) is 43.2 Å². The third-order valence-corrected chi connectivity index (χ3v) is 5.09. The zero-order valence-corrected chi connectivity index (χ0v) is 17.6. The Morgan fingerprint density at radius 1 is 0.880 bits per heavy atom. The van der Waals surface area contributed by atoms with Crippen LogP contribution in [0, 0.1) is 5.41 Å². The maximum atomic E-state index is 12.0. The number of hydrogen-bond donors (Lipinski definition) is 1. The lowest BCUT2D eigenvalue weighted by atomic mass is 9.73. The first-order chi connectivity index (χ1) is 11.4. The van der Waals surface area contributed by atoms with Crippen LogP contribution in [0.15, 0.2) is 12.1 Å². The predicted molar refractivity (Wildman–Crippen MR) is 108 cm³/mol. The Labute approximate surface area is 155 Å². The number of carbonyl (C=O) groups excluding carboxylic acids is 1. The summed E-state index contributed by atoms with van der Waals surface area (Å²) in [6.07, 6.45) is 5.79. The lowest BCUT2D eigenvalue weighted by molar-refractivity contribution is -0.117. The molecule has 0 aliphatic heterocycles. The zero-order valence-electron chi connectivity index (χ0n) is 17.6. The molecule has 0 saturated carbocycles. The van der Waals surface area contributed by atoms with Crippen molar-refractivity contribution in [3.63, 3.8) is 0 Å². The van der Waals surface area contributed by atoms with Crippen molar-refractivity contribution in [2.45, 2.75) is 98.3 Å². The summed E-state index contributed by atoms with van der Waals surface area (Å²) in [7, 11) is 0. The molecule has 1 aromatic carbocycles. The van der Waals surface area contributed by atoms with Crippen LogP contribution in [-0.2, 0) is 22.0 Å². The number of hydrogen-bond acceptors (Lipinski definition) is 2. The number of carbonyl (C=O) groups is 1. The number of phenolic OH excluding ortho intramolecular Hbond substituents is 1. The third kappa shape index (κ3) is 5.33. The minimum Gasteiger partial charge on any atom is -0.507 e. The van der Waals surface area contributed by atoms with E-state index < -0.39 is 0 Å². The van der Waals surface area contributed by atoms with Crippen molar-refractivity contribution in [3.8, 4) is 5.75 Å². The average molecular weight is 347 g/mol. The van der Waals surface area contributed by atoms with Crippen LogP contribution in [0.5, 0.6) is 5.75 Å². The largest absolute Gasteiger partial charge is 0.507 e. The molecule has 142 valence electrons. The highest BCUT2D eigenvalue weighted by Gasteiger charge is 2.31. The summed E-state index contributed by atoms with van der Waals surface area (Å²) in [4.78, 5) is 12.0. The number of rotatable bonds is 7. The lowest BCUT2D eigenvalue weighted by Gasteiger charge is -2.31. The van der Waals surface area contributed by atoms with Crippen LogP contribution in [0.1, 0.15) is 97.8 Å². The second-order valence-electron chi connectivity index (χ2n) is 9.70. The second-order valence-corrected chi connectivity index (χ2v) is 9.70. The van der Waals surface area contributed by atoms with Crippen LogP contribution >= 0.6 is 0 Å². The van der Waals surface area contributed by atoms with Gasteiger partial charge in [0, 0.05) is 5.41 Å². The Bertz CT molecular complexity index is 544. The fraction of sp³-hybridized carbons (Fsp3) is 0.696. The standard InChI is InChI=1S/C23H38O2/c1-9-11-23(16-24,12-10-2)15-17-13-18(21(3,4)5)20(25)19(14-17)22(6,7)8/h13-14,16,25H,9-12,15H2,1-8H3. The van der Waals surface area contributed by atoms with Crippen molar-refractivity contribution in [2.75, 3.05) is 0 Å². The first-order valence-corrected chi connectivity index (χ1v) is 9.73. The van der Waals surface area contributed by atoms with E-state index in [9.17, 15) is 9.90 Å². The molecule has 0 spiro atoms. The summed E-state index contributed by atoms with van der Waals surface area (Å²) in [5, 5.41) is 10.9. The fourth-order valence-electron chi connectivity index (χ4n) is 3.80. The van der Waals surface area contributed by atoms with Crippen molar-refractivity contribution in [1.82, 2.24) is 0 Å². The first-order valence-electron chi connectivity index (χ1n) is 9.73. The van der Waals surface area contributed by atoms with E-state index in [0.29, 0.717) is 5.75 Å². The first kappa shape index (κ1) is 21.7. The van der Waals surface area contributed by atoms with Gasteiger partial charge in [0.1, 0.15) is 12.0 Å². The molecule has 0 aliphatic carbocycles. The minimum absolute atomic E-state index is 0.139. The minimum atomic E-state index is -0.287. The molecule has 0 fully saturated rings. The number of aromatic hydroxyl groups is 1. The Kier molecular flexibility index (Phi) is 6.89. The Morgan fingerprint density at radius 3 is 1.56 bits per heavy atom. The average Bonchev–Trinajstić information content (AvgIpc) is 2.47. The van der Waals surface area contributed by atoms with E-state index >= 15 is 0 Å². The van der Waals surface area contributed by atoms with Crippen molar-refractivity contribution >= 4 is 6.29 Å². The summed E-state index contributed by atoms with van der Waals surface area (Å²) in [6.45, 7) is 17.1. The molecule has 25 heavy (non-hydrogen) atoms. The molecule has 1 N–H and O–H groups in total. The van der Waals surface area contributed by atoms with E-state index in [1.807, 2.05) is 0 Å². The molecule has 0 bridgehead atoms. The summed E-state index contributed by atoms with van der Waals surface area (Å²) in [5.74, 6) is 0.409. The van der Waals surface area contributed by atoms with Gasteiger partial charge in [-0.1, -0.05) is 80.4 Å². The Hall–Kier alpha value is -1.31. The van der Waals surface area contributed by atoms with Crippen LogP contribution in [0.25, 0.3) is 0 Å². The fourth-order valence-corrected chi connectivity index (χ4v) is 3.80. The number of phenols is 1. The molecule has 0 aliphatic rings. The maximum Gasteiger partial charge on any atom is 0.126 e. The molecule has 1 aromatic rings. The van der Waals surface area contributed by atoms with Gasteiger partial charge in [0.15, 0.2) is 0 Å². The molecule has 0 heterocycles. The van der Waals surface area contributed by atoms with E-state index in [4.69, 9.17) is 0 Å². The molecule has 0 aromatic heterocycles. The molecule has 0 amide bonds. The van der Waals surface area contributed by atoms with Crippen molar-refractivity contribution < 1.29 is 9.90 Å². The Morgan fingerprint density at radius 2 is 1.28 bits per heavy atom. The predicted octanol–water partition coefficient (Wildman–Crippen LogP) is 6.32. The monoisotopic (exact) mass is 346 g/mol. The van der Waals surface area contributed by atoms with Crippen LogP contribution in [0.4, 0.5) is 0 Å². The van der Waals surface area contributed by atoms with E-state index in [-0.39, 0.29) is 16.2 Å². The van der Waals surface area contributed by atoms with Crippen LogP contribution in [0.3, 0.4) is 0 Å². The highest BCUT2D eigenvalue weighted by Crippen LogP contribution is 2.41. The van der Waals surface area contributed by atoms with E-state index in [2.05, 4.69) is 67.5 Å². The molecule has 0 unspecified atom stereocenters. The topological polar surface area (TPSA) is 37.3 Å². The van der Waals surface area contributed by atoms with Crippen molar-refractivity contribution in [1.29, 1.82) is 0 Å².